The Balaban J connectivity index is 2.64. The van der Waals surface area contributed by atoms with Crippen molar-refractivity contribution in [2.75, 3.05) is 0 Å². The zero-order chi connectivity index (χ0) is 10.3. The summed E-state index contributed by atoms with van der Waals surface area (Å²) < 4.78 is 1.14. The van der Waals surface area contributed by atoms with Crippen molar-refractivity contribution in [3.8, 4) is 0 Å². The van der Waals surface area contributed by atoms with Crippen LogP contribution < -0.4 is 0 Å². The van der Waals surface area contributed by atoms with E-state index in [0.29, 0.717) is 0 Å². The molecule has 0 spiro atoms. The van der Waals surface area contributed by atoms with E-state index in [2.05, 4.69) is 51.2 Å². The van der Waals surface area contributed by atoms with E-state index in [1.807, 2.05) is 18.5 Å². The van der Waals surface area contributed by atoms with Gasteiger partial charge >= 0.3 is 0 Å². The Labute approximate surface area is 95.9 Å². The number of fused-ring (bicyclic) bond motifs is 3. The topological polar surface area (TPSA) is 12.9 Å². The van der Waals surface area contributed by atoms with E-state index < -0.39 is 0 Å². The minimum absolute atomic E-state index is 1.14. The van der Waals surface area contributed by atoms with Gasteiger partial charge in [-0.3, -0.25) is 4.98 Å². The second-order valence-electron chi connectivity index (χ2n) is 3.50. The van der Waals surface area contributed by atoms with E-state index >= 15 is 0 Å². The van der Waals surface area contributed by atoms with Gasteiger partial charge in [0.05, 0.1) is 0 Å². The number of nitrogens with zero attached hydrogens (tertiary/aromatic N) is 1. The molecule has 0 amide bonds. The summed E-state index contributed by atoms with van der Waals surface area (Å²) >= 11 is 3.60. The van der Waals surface area contributed by atoms with Crippen LogP contribution in [0.4, 0.5) is 0 Å². The molecule has 0 unspecified atom stereocenters. The lowest BCUT2D eigenvalue weighted by Crippen LogP contribution is -1.80. The van der Waals surface area contributed by atoms with Gasteiger partial charge in [0.2, 0.25) is 0 Å². The Kier molecular flexibility index (Phi) is 1.96. The van der Waals surface area contributed by atoms with Crippen LogP contribution >= 0.6 is 15.9 Å². The smallest absolute Gasteiger partial charge is 0.0352 e. The molecule has 72 valence electrons. The van der Waals surface area contributed by atoms with Crippen molar-refractivity contribution in [3.05, 3.63) is 53.3 Å². The maximum absolute atomic E-state index is 4.18. The van der Waals surface area contributed by atoms with E-state index in [4.69, 9.17) is 0 Å². The van der Waals surface area contributed by atoms with Gasteiger partial charge in [-0.1, -0.05) is 40.2 Å². The van der Waals surface area contributed by atoms with Crippen LogP contribution in [0, 0.1) is 0 Å². The highest BCUT2D eigenvalue weighted by molar-refractivity contribution is 9.10. The predicted octanol–water partition coefficient (Wildman–Crippen LogP) is 4.15. The second-order valence-corrected chi connectivity index (χ2v) is 4.36. The first-order valence-corrected chi connectivity index (χ1v) is 5.56. The highest BCUT2D eigenvalue weighted by Gasteiger charge is 2.03. The monoisotopic (exact) mass is 257 g/mol. The zero-order valence-corrected chi connectivity index (χ0v) is 9.53. The Hall–Kier alpha value is -1.41. The van der Waals surface area contributed by atoms with E-state index in [-0.39, 0.29) is 0 Å². The first-order chi connectivity index (χ1) is 7.36. The fourth-order valence-corrected chi connectivity index (χ4v) is 2.49. The summed E-state index contributed by atoms with van der Waals surface area (Å²) in [6, 6.07) is 12.5. The minimum atomic E-state index is 1.14. The summed E-state index contributed by atoms with van der Waals surface area (Å²) in [4.78, 5) is 4.18. The molecule has 2 heteroatoms. The number of pyridine rings is 1. The maximum Gasteiger partial charge on any atom is 0.0352 e. The normalized spacial score (nSPS) is 11.0. The molecule has 0 aliphatic heterocycles. The van der Waals surface area contributed by atoms with Crippen LogP contribution in [0.5, 0.6) is 0 Å². The molecule has 0 aliphatic carbocycles. The van der Waals surface area contributed by atoms with E-state index in [0.717, 1.165) is 4.47 Å². The van der Waals surface area contributed by atoms with Crippen LogP contribution in [0.3, 0.4) is 0 Å². The molecular formula is C13H8BrN. The minimum Gasteiger partial charge on any atom is -0.264 e. The number of hydrogen-bond donors (Lipinski definition) is 0. The first kappa shape index (κ1) is 8.86. The average Bonchev–Trinajstić information content (AvgIpc) is 2.30. The third-order valence-electron chi connectivity index (χ3n) is 2.61. The molecule has 1 aromatic heterocycles. The largest absolute Gasteiger partial charge is 0.264 e. The van der Waals surface area contributed by atoms with Crippen molar-refractivity contribution in [1.82, 2.24) is 4.98 Å². The molecule has 1 heterocycles. The van der Waals surface area contributed by atoms with Crippen LogP contribution in [-0.4, -0.2) is 4.98 Å². The number of aromatic nitrogens is 1. The summed E-state index contributed by atoms with van der Waals surface area (Å²) in [6.45, 7) is 0. The summed E-state index contributed by atoms with van der Waals surface area (Å²) in [6.07, 6.45) is 3.74. The summed E-state index contributed by atoms with van der Waals surface area (Å²) in [5, 5.41) is 4.90. The van der Waals surface area contributed by atoms with Crippen LogP contribution in [-0.2, 0) is 0 Å². The molecule has 3 aromatic rings. The molecule has 0 saturated carbocycles. The average molecular weight is 258 g/mol. The molecule has 0 saturated heterocycles. The molecule has 1 nitrogen and oxygen atoms in total. The van der Waals surface area contributed by atoms with Gasteiger partial charge in [-0.05, 0) is 28.3 Å². The van der Waals surface area contributed by atoms with Gasteiger partial charge < -0.3 is 0 Å². The van der Waals surface area contributed by atoms with Gasteiger partial charge in [-0.2, -0.15) is 0 Å². The molecule has 3 rings (SSSR count). The van der Waals surface area contributed by atoms with Crippen molar-refractivity contribution >= 4 is 37.5 Å². The Morgan fingerprint density at radius 3 is 2.60 bits per heavy atom. The maximum atomic E-state index is 4.18. The van der Waals surface area contributed by atoms with Crippen molar-refractivity contribution in [2.45, 2.75) is 0 Å². The van der Waals surface area contributed by atoms with Crippen molar-refractivity contribution in [3.63, 3.8) is 0 Å². The third kappa shape index (κ3) is 1.33. The third-order valence-corrected chi connectivity index (χ3v) is 3.27. The van der Waals surface area contributed by atoms with Crippen LogP contribution in [0.2, 0.25) is 0 Å². The number of benzene rings is 2. The van der Waals surface area contributed by atoms with Gasteiger partial charge in [-0.15, -0.1) is 0 Å². The molecule has 0 atom stereocenters. The lowest BCUT2D eigenvalue weighted by atomic mass is 10.0. The fraction of sp³-hybridized carbons (Fsp3) is 0. The van der Waals surface area contributed by atoms with E-state index in [9.17, 15) is 0 Å². The van der Waals surface area contributed by atoms with E-state index in [1.54, 1.807) is 0 Å². The number of rotatable bonds is 0. The lowest BCUT2D eigenvalue weighted by molar-refractivity contribution is 1.37. The zero-order valence-electron chi connectivity index (χ0n) is 7.94. The SMILES string of the molecule is Brc1cc2ccncc2c2ccccc12. The second kappa shape index (κ2) is 3.31. The standard InChI is InChI=1S/C13H8BrN/c14-13-7-9-5-6-15-8-12(9)10-3-1-2-4-11(10)13/h1-8H. The molecule has 0 N–H and O–H groups in total. The Morgan fingerprint density at radius 1 is 0.933 bits per heavy atom. The molecule has 15 heavy (non-hydrogen) atoms. The van der Waals surface area contributed by atoms with Gasteiger partial charge in [0.15, 0.2) is 0 Å². The van der Waals surface area contributed by atoms with Crippen LogP contribution in [0.1, 0.15) is 0 Å². The first-order valence-electron chi connectivity index (χ1n) is 4.77. The van der Waals surface area contributed by atoms with Crippen molar-refractivity contribution in [2.24, 2.45) is 0 Å². The van der Waals surface area contributed by atoms with Crippen LogP contribution in [0.15, 0.2) is 53.3 Å². The molecule has 0 bridgehead atoms. The van der Waals surface area contributed by atoms with Crippen LogP contribution in [0.25, 0.3) is 21.5 Å². The summed E-state index contributed by atoms with van der Waals surface area (Å²) in [7, 11) is 0. The fourth-order valence-electron chi connectivity index (χ4n) is 1.90. The molecule has 0 fully saturated rings. The number of hydrogen-bond acceptors (Lipinski definition) is 1. The molecule has 0 aliphatic rings. The summed E-state index contributed by atoms with van der Waals surface area (Å²) in [5.74, 6) is 0. The van der Waals surface area contributed by atoms with E-state index in [1.165, 1.54) is 21.5 Å². The summed E-state index contributed by atoms with van der Waals surface area (Å²) in [5.41, 5.74) is 0. The lowest BCUT2D eigenvalue weighted by Gasteiger charge is -2.05. The number of halogens is 1. The van der Waals surface area contributed by atoms with Crippen molar-refractivity contribution < 1.29 is 0 Å². The molecule has 2 aromatic carbocycles. The molecular weight excluding hydrogens is 250 g/mol. The van der Waals surface area contributed by atoms with Gasteiger partial charge in [-0.25, -0.2) is 0 Å². The Morgan fingerprint density at radius 2 is 1.73 bits per heavy atom. The van der Waals surface area contributed by atoms with Gasteiger partial charge in [0.25, 0.3) is 0 Å². The highest BCUT2D eigenvalue weighted by atomic mass is 79.9. The highest BCUT2D eigenvalue weighted by Crippen LogP contribution is 2.30. The molecule has 0 radical (unpaired) electrons. The van der Waals surface area contributed by atoms with Gasteiger partial charge in [0, 0.05) is 22.3 Å². The van der Waals surface area contributed by atoms with Gasteiger partial charge in [0.1, 0.15) is 0 Å². The Bertz CT molecular complexity index is 646. The predicted molar refractivity (Wildman–Crippen MR) is 66.9 cm³/mol. The van der Waals surface area contributed by atoms with Crippen molar-refractivity contribution in [1.29, 1.82) is 0 Å². The quantitative estimate of drug-likeness (QED) is 0.552.